The molecule has 0 radical (unpaired) electrons. The standard InChI is InChI=1S/C16H28N4O3/c1-22-10-13-8-20(19-18-13)9-15-16(14(21)11-23-15)17-7-12-5-3-2-4-6-12/h8,12,14-17,21H,2-7,9-11H2,1H3/t14-,15+,16+/m0/s1. The van der Waals surface area contributed by atoms with Crippen LogP contribution in [0.1, 0.15) is 37.8 Å². The Labute approximate surface area is 137 Å². The van der Waals surface area contributed by atoms with Crippen molar-refractivity contribution < 1.29 is 14.6 Å². The van der Waals surface area contributed by atoms with E-state index in [4.69, 9.17) is 9.47 Å². The van der Waals surface area contributed by atoms with Crippen LogP contribution in [0.15, 0.2) is 6.20 Å². The second-order valence-corrected chi connectivity index (χ2v) is 6.74. The molecular formula is C16H28N4O3. The molecule has 3 rings (SSSR count). The van der Waals surface area contributed by atoms with Gasteiger partial charge in [0.15, 0.2) is 0 Å². The van der Waals surface area contributed by atoms with Gasteiger partial charge in [-0.2, -0.15) is 0 Å². The third-order valence-electron chi connectivity index (χ3n) is 4.91. The van der Waals surface area contributed by atoms with Crippen LogP contribution in [0.25, 0.3) is 0 Å². The van der Waals surface area contributed by atoms with E-state index in [1.165, 1.54) is 32.1 Å². The first kappa shape index (κ1) is 16.8. The molecule has 0 bridgehead atoms. The third kappa shape index (κ3) is 4.50. The summed E-state index contributed by atoms with van der Waals surface area (Å²) in [6.07, 6.45) is 7.97. The number of ether oxygens (including phenoxy) is 2. The number of hydrogen-bond acceptors (Lipinski definition) is 6. The molecule has 2 N–H and O–H groups in total. The largest absolute Gasteiger partial charge is 0.389 e. The van der Waals surface area contributed by atoms with Crippen LogP contribution in [0.5, 0.6) is 0 Å². The van der Waals surface area contributed by atoms with Gasteiger partial charge in [0.05, 0.1) is 44.2 Å². The molecule has 1 saturated heterocycles. The molecule has 0 unspecified atom stereocenters. The van der Waals surface area contributed by atoms with Gasteiger partial charge in [-0.25, -0.2) is 4.68 Å². The van der Waals surface area contributed by atoms with Crippen LogP contribution < -0.4 is 5.32 Å². The van der Waals surface area contributed by atoms with Gasteiger partial charge in [0.25, 0.3) is 0 Å². The zero-order chi connectivity index (χ0) is 16.1. The maximum atomic E-state index is 10.2. The van der Waals surface area contributed by atoms with E-state index in [0.717, 1.165) is 18.2 Å². The van der Waals surface area contributed by atoms with Crippen LogP contribution in [0.2, 0.25) is 0 Å². The van der Waals surface area contributed by atoms with Gasteiger partial charge < -0.3 is 19.9 Å². The van der Waals surface area contributed by atoms with Crippen molar-refractivity contribution in [2.24, 2.45) is 5.92 Å². The van der Waals surface area contributed by atoms with E-state index in [0.29, 0.717) is 19.8 Å². The smallest absolute Gasteiger partial charge is 0.108 e. The maximum Gasteiger partial charge on any atom is 0.108 e. The third-order valence-corrected chi connectivity index (χ3v) is 4.91. The molecule has 3 atom stereocenters. The second kappa shape index (κ2) is 8.19. The average Bonchev–Trinajstić information content (AvgIpc) is 3.14. The molecule has 0 spiro atoms. The SMILES string of the molecule is COCc1cn(C[C@H]2OC[C@H](O)[C@H]2NCC2CCCCC2)nn1. The van der Waals surface area contributed by atoms with Gasteiger partial charge in [0, 0.05) is 7.11 Å². The summed E-state index contributed by atoms with van der Waals surface area (Å²) in [6.45, 7) is 2.40. The van der Waals surface area contributed by atoms with Crippen molar-refractivity contribution in [1.29, 1.82) is 0 Å². The van der Waals surface area contributed by atoms with E-state index in [9.17, 15) is 5.11 Å². The maximum absolute atomic E-state index is 10.2. The van der Waals surface area contributed by atoms with Crippen LogP contribution in [0.3, 0.4) is 0 Å². The van der Waals surface area contributed by atoms with Gasteiger partial charge in [0.1, 0.15) is 5.69 Å². The Bertz CT molecular complexity index is 476. The first-order valence-electron chi connectivity index (χ1n) is 8.67. The van der Waals surface area contributed by atoms with Crippen molar-refractivity contribution in [2.75, 3.05) is 20.3 Å². The van der Waals surface area contributed by atoms with Crippen molar-refractivity contribution in [3.63, 3.8) is 0 Å². The van der Waals surface area contributed by atoms with Gasteiger partial charge in [0.2, 0.25) is 0 Å². The van der Waals surface area contributed by atoms with Gasteiger partial charge >= 0.3 is 0 Å². The lowest BCUT2D eigenvalue weighted by molar-refractivity contribution is 0.0738. The van der Waals surface area contributed by atoms with E-state index >= 15 is 0 Å². The zero-order valence-corrected chi connectivity index (χ0v) is 13.9. The van der Waals surface area contributed by atoms with Gasteiger partial charge in [-0.15, -0.1) is 5.10 Å². The Balaban J connectivity index is 1.52. The molecular weight excluding hydrogens is 296 g/mol. The Hall–Kier alpha value is -1.02. The summed E-state index contributed by atoms with van der Waals surface area (Å²) in [5.41, 5.74) is 0.803. The molecule has 1 aliphatic heterocycles. The van der Waals surface area contributed by atoms with Crippen molar-refractivity contribution in [3.8, 4) is 0 Å². The number of nitrogens with zero attached hydrogens (tertiary/aromatic N) is 3. The monoisotopic (exact) mass is 324 g/mol. The Morgan fingerprint density at radius 1 is 1.39 bits per heavy atom. The fourth-order valence-corrected chi connectivity index (χ4v) is 3.63. The Morgan fingerprint density at radius 3 is 3.00 bits per heavy atom. The molecule has 1 aliphatic carbocycles. The molecule has 130 valence electrons. The number of rotatable bonds is 7. The van der Waals surface area contributed by atoms with Crippen LogP contribution >= 0.6 is 0 Å². The predicted molar refractivity (Wildman–Crippen MR) is 84.8 cm³/mol. The van der Waals surface area contributed by atoms with E-state index < -0.39 is 6.10 Å². The molecule has 7 nitrogen and oxygen atoms in total. The van der Waals surface area contributed by atoms with Crippen LogP contribution in [0, 0.1) is 5.92 Å². The van der Waals surface area contributed by atoms with Crippen LogP contribution in [0.4, 0.5) is 0 Å². The summed E-state index contributed by atoms with van der Waals surface area (Å²) in [4.78, 5) is 0. The topological polar surface area (TPSA) is 81.4 Å². The highest BCUT2D eigenvalue weighted by molar-refractivity contribution is 4.93. The Kier molecular flexibility index (Phi) is 5.99. The molecule has 2 aliphatic rings. The van der Waals surface area contributed by atoms with Gasteiger partial charge in [-0.1, -0.05) is 24.5 Å². The number of aliphatic hydroxyl groups is 1. The van der Waals surface area contributed by atoms with E-state index in [1.807, 2.05) is 6.20 Å². The predicted octanol–water partition coefficient (Wildman–Crippen LogP) is 0.723. The molecule has 2 fully saturated rings. The molecule has 23 heavy (non-hydrogen) atoms. The summed E-state index contributed by atoms with van der Waals surface area (Å²) >= 11 is 0. The van der Waals surface area contributed by atoms with E-state index in [1.54, 1.807) is 11.8 Å². The normalized spacial score (nSPS) is 29.2. The van der Waals surface area contributed by atoms with Crippen molar-refractivity contribution in [3.05, 3.63) is 11.9 Å². The zero-order valence-electron chi connectivity index (χ0n) is 13.9. The van der Waals surface area contributed by atoms with E-state index in [2.05, 4.69) is 15.6 Å². The quantitative estimate of drug-likeness (QED) is 0.769. The number of nitrogens with one attached hydrogen (secondary N) is 1. The number of aliphatic hydroxyl groups excluding tert-OH is 1. The van der Waals surface area contributed by atoms with Gasteiger partial charge in [-0.3, -0.25) is 0 Å². The average molecular weight is 324 g/mol. The molecule has 2 heterocycles. The summed E-state index contributed by atoms with van der Waals surface area (Å²) in [6, 6.07) is -0.0352. The minimum Gasteiger partial charge on any atom is -0.389 e. The Morgan fingerprint density at radius 2 is 2.22 bits per heavy atom. The summed E-state index contributed by atoms with van der Waals surface area (Å²) in [5.74, 6) is 0.733. The number of hydrogen-bond donors (Lipinski definition) is 2. The molecule has 1 aromatic heterocycles. The lowest BCUT2D eigenvalue weighted by atomic mass is 9.89. The number of aromatic nitrogens is 3. The minimum absolute atomic E-state index is 0.0352. The highest BCUT2D eigenvalue weighted by Gasteiger charge is 2.36. The first-order chi connectivity index (χ1) is 11.3. The fourth-order valence-electron chi connectivity index (χ4n) is 3.63. The molecule has 1 saturated carbocycles. The van der Waals surface area contributed by atoms with Crippen molar-refractivity contribution in [2.45, 2.75) is 63.5 Å². The summed E-state index contributed by atoms with van der Waals surface area (Å²) in [5, 5.41) is 21.9. The first-order valence-corrected chi connectivity index (χ1v) is 8.67. The molecule has 0 amide bonds. The summed E-state index contributed by atoms with van der Waals surface area (Å²) < 4.78 is 12.6. The van der Waals surface area contributed by atoms with Gasteiger partial charge in [-0.05, 0) is 25.3 Å². The fraction of sp³-hybridized carbons (Fsp3) is 0.875. The lowest BCUT2D eigenvalue weighted by Crippen LogP contribution is -2.47. The van der Waals surface area contributed by atoms with E-state index in [-0.39, 0.29) is 12.1 Å². The molecule has 7 heteroatoms. The highest BCUT2D eigenvalue weighted by Crippen LogP contribution is 2.24. The van der Waals surface area contributed by atoms with Crippen molar-refractivity contribution in [1.82, 2.24) is 20.3 Å². The summed E-state index contributed by atoms with van der Waals surface area (Å²) in [7, 11) is 1.64. The highest BCUT2D eigenvalue weighted by atomic mass is 16.5. The number of methoxy groups -OCH3 is 1. The molecule has 0 aromatic carbocycles. The lowest BCUT2D eigenvalue weighted by Gasteiger charge is -2.27. The van der Waals surface area contributed by atoms with Crippen molar-refractivity contribution >= 4 is 0 Å². The second-order valence-electron chi connectivity index (χ2n) is 6.74. The molecule has 1 aromatic rings. The minimum atomic E-state index is -0.453. The van der Waals surface area contributed by atoms with Crippen LogP contribution in [-0.4, -0.2) is 58.6 Å². The van der Waals surface area contributed by atoms with Crippen LogP contribution in [-0.2, 0) is 22.6 Å².